The molecule has 0 saturated heterocycles. The molecule has 1 aromatic rings. The van der Waals surface area contributed by atoms with Gasteiger partial charge in [-0.2, -0.15) is 5.10 Å². The van der Waals surface area contributed by atoms with E-state index < -0.39 is 6.09 Å². The lowest BCUT2D eigenvalue weighted by molar-refractivity contribution is 0.171. The summed E-state index contributed by atoms with van der Waals surface area (Å²) in [5.41, 5.74) is 2.95. The first-order valence-electron chi connectivity index (χ1n) is 4.97. The van der Waals surface area contributed by atoms with Crippen molar-refractivity contribution in [2.24, 2.45) is 5.10 Å². The van der Waals surface area contributed by atoms with Gasteiger partial charge in [-0.25, -0.2) is 10.2 Å². The first-order valence-corrected chi connectivity index (χ1v) is 4.97. The van der Waals surface area contributed by atoms with Gasteiger partial charge in [0.25, 0.3) is 0 Å². The zero-order valence-electron chi connectivity index (χ0n) is 9.55. The van der Waals surface area contributed by atoms with Gasteiger partial charge < -0.3 is 9.47 Å². The second-order valence-corrected chi connectivity index (χ2v) is 3.00. The van der Waals surface area contributed by atoms with Crippen molar-refractivity contribution in [1.29, 1.82) is 0 Å². The van der Waals surface area contributed by atoms with Crippen LogP contribution in [-0.4, -0.2) is 26.0 Å². The topological polar surface area (TPSA) is 59.9 Å². The molecule has 90 valence electrons. The van der Waals surface area contributed by atoms with Crippen LogP contribution in [0.25, 0.3) is 0 Å². The highest BCUT2D eigenvalue weighted by atomic mass is 16.5. The molecule has 1 rings (SSSR count). The van der Waals surface area contributed by atoms with E-state index in [4.69, 9.17) is 4.74 Å². The summed E-state index contributed by atoms with van der Waals surface area (Å²) in [6.45, 7) is 3.98. The van der Waals surface area contributed by atoms with Gasteiger partial charge in [0, 0.05) is 5.56 Å². The second kappa shape index (κ2) is 7.05. The summed E-state index contributed by atoms with van der Waals surface area (Å²) in [5.74, 6) is 0.669. The lowest BCUT2D eigenvalue weighted by Gasteiger charge is -2.05. The van der Waals surface area contributed by atoms with Crippen LogP contribution in [0.1, 0.15) is 5.56 Å². The van der Waals surface area contributed by atoms with Crippen molar-refractivity contribution in [2.45, 2.75) is 0 Å². The Morgan fingerprint density at radius 1 is 1.53 bits per heavy atom. The summed E-state index contributed by atoms with van der Waals surface area (Å²) in [5, 5.41) is 3.73. The number of hydrogen-bond donors (Lipinski definition) is 1. The van der Waals surface area contributed by atoms with Crippen molar-refractivity contribution in [3.63, 3.8) is 0 Å². The molecule has 0 aliphatic carbocycles. The van der Waals surface area contributed by atoms with E-state index in [-0.39, 0.29) is 0 Å². The fraction of sp³-hybridized carbons (Fsp3) is 0.167. The molecule has 0 atom stereocenters. The number of rotatable bonds is 5. The molecule has 0 bridgehead atoms. The van der Waals surface area contributed by atoms with Crippen molar-refractivity contribution < 1.29 is 14.3 Å². The van der Waals surface area contributed by atoms with Gasteiger partial charge in [0.2, 0.25) is 0 Å². The molecule has 5 heteroatoms. The molecule has 1 aromatic carbocycles. The smallest absolute Gasteiger partial charge is 0.427 e. The Hall–Kier alpha value is -2.30. The Bertz CT molecular complexity index is 416. The molecule has 5 nitrogen and oxygen atoms in total. The zero-order valence-corrected chi connectivity index (χ0v) is 9.55. The van der Waals surface area contributed by atoms with E-state index in [1.807, 2.05) is 24.3 Å². The normalized spacial score (nSPS) is 9.94. The summed E-state index contributed by atoms with van der Waals surface area (Å²) in [4.78, 5) is 10.8. The van der Waals surface area contributed by atoms with Crippen LogP contribution in [0.3, 0.4) is 0 Å². The monoisotopic (exact) mass is 234 g/mol. The lowest BCUT2D eigenvalue weighted by Crippen LogP contribution is -2.16. The van der Waals surface area contributed by atoms with E-state index in [9.17, 15) is 4.79 Å². The minimum atomic E-state index is -0.620. The van der Waals surface area contributed by atoms with E-state index in [2.05, 4.69) is 21.8 Å². The highest BCUT2D eigenvalue weighted by molar-refractivity contribution is 5.84. The first-order chi connectivity index (χ1) is 8.27. The van der Waals surface area contributed by atoms with E-state index in [1.54, 1.807) is 6.08 Å². The van der Waals surface area contributed by atoms with E-state index >= 15 is 0 Å². The maximum Gasteiger partial charge on any atom is 0.427 e. The number of hydrogen-bond acceptors (Lipinski definition) is 4. The number of nitrogens with zero attached hydrogens (tertiary/aromatic N) is 1. The highest BCUT2D eigenvalue weighted by Gasteiger charge is 1.99. The number of amides is 1. The fourth-order valence-electron chi connectivity index (χ4n) is 1.07. The van der Waals surface area contributed by atoms with E-state index in [0.29, 0.717) is 12.4 Å². The third-order valence-corrected chi connectivity index (χ3v) is 1.82. The van der Waals surface area contributed by atoms with Crippen molar-refractivity contribution in [1.82, 2.24) is 5.43 Å². The zero-order chi connectivity index (χ0) is 12.5. The Morgan fingerprint density at radius 3 is 3.00 bits per heavy atom. The highest BCUT2D eigenvalue weighted by Crippen LogP contribution is 2.15. The number of benzene rings is 1. The third-order valence-electron chi connectivity index (χ3n) is 1.82. The van der Waals surface area contributed by atoms with Gasteiger partial charge in [-0.05, 0) is 12.1 Å². The molecule has 0 aliphatic rings. The standard InChI is InChI=1S/C12H14N2O3/c1-3-8-17-11-7-5-4-6-10(11)9-13-14-12(15)16-2/h3-7,9H,1,8H2,2H3,(H,14,15)/b13-9-. The van der Waals surface area contributed by atoms with E-state index in [1.165, 1.54) is 13.3 Å². The minimum Gasteiger partial charge on any atom is -0.489 e. The van der Waals surface area contributed by atoms with Gasteiger partial charge in [-0.15, -0.1) is 0 Å². The molecule has 0 spiro atoms. The quantitative estimate of drug-likeness (QED) is 0.481. The molecule has 0 fully saturated rings. The molecule has 0 heterocycles. The van der Waals surface area contributed by atoms with Crippen molar-refractivity contribution in [2.75, 3.05) is 13.7 Å². The number of carbonyl (C=O) groups excluding carboxylic acids is 1. The molecule has 1 amide bonds. The predicted octanol–water partition coefficient (Wildman–Crippen LogP) is 1.94. The molecule has 1 N–H and O–H groups in total. The van der Waals surface area contributed by atoms with Gasteiger partial charge in [0.15, 0.2) is 0 Å². The van der Waals surface area contributed by atoms with Gasteiger partial charge in [0.05, 0.1) is 13.3 Å². The number of carbonyl (C=O) groups is 1. The van der Waals surface area contributed by atoms with Gasteiger partial charge in [0.1, 0.15) is 12.4 Å². The Morgan fingerprint density at radius 2 is 2.29 bits per heavy atom. The van der Waals surface area contributed by atoms with Crippen LogP contribution >= 0.6 is 0 Å². The average Bonchev–Trinajstić information content (AvgIpc) is 2.37. The third kappa shape index (κ3) is 4.38. The molecule has 0 unspecified atom stereocenters. The van der Waals surface area contributed by atoms with Crippen LogP contribution in [0.4, 0.5) is 4.79 Å². The van der Waals surface area contributed by atoms with E-state index in [0.717, 1.165) is 5.56 Å². The molecule has 0 radical (unpaired) electrons. The van der Waals surface area contributed by atoms with Crippen LogP contribution in [0.5, 0.6) is 5.75 Å². The second-order valence-electron chi connectivity index (χ2n) is 3.00. The van der Waals surface area contributed by atoms with Gasteiger partial charge in [-0.1, -0.05) is 24.8 Å². The van der Waals surface area contributed by atoms with Crippen molar-refractivity contribution >= 4 is 12.3 Å². The number of nitrogens with one attached hydrogen (secondary N) is 1. The Kier molecular flexibility index (Phi) is 5.30. The lowest BCUT2D eigenvalue weighted by atomic mass is 10.2. The molecule has 0 saturated carbocycles. The van der Waals surface area contributed by atoms with Crippen molar-refractivity contribution in [3.05, 3.63) is 42.5 Å². The van der Waals surface area contributed by atoms with Crippen LogP contribution in [0.2, 0.25) is 0 Å². The van der Waals surface area contributed by atoms with Gasteiger partial charge >= 0.3 is 6.09 Å². The first kappa shape index (κ1) is 12.8. The van der Waals surface area contributed by atoms with Crippen LogP contribution in [-0.2, 0) is 4.74 Å². The fourth-order valence-corrected chi connectivity index (χ4v) is 1.07. The number of methoxy groups -OCH3 is 1. The molecule has 0 aromatic heterocycles. The molecular weight excluding hydrogens is 220 g/mol. The molecule has 17 heavy (non-hydrogen) atoms. The minimum absolute atomic E-state index is 0.412. The number of para-hydroxylation sites is 1. The molecular formula is C12H14N2O3. The average molecular weight is 234 g/mol. The predicted molar refractivity (Wildman–Crippen MR) is 65.3 cm³/mol. The van der Waals surface area contributed by atoms with Crippen LogP contribution in [0.15, 0.2) is 42.0 Å². The summed E-state index contributed by atoms with van der Waals surface area (Å²) in [7, 11) is 1.27. The molecule has 0 aliphatic heterocycles. The van der Waals surface area contributed by atoms with Crippen molar-refractivity contribution in [3.8, 4) is 5.75 Å². The Labute approximate surface area is 99.7 Å². The van der Waals surface area contributed by atoms with Gasteiger partial charge in [-0.3, -0.25) is 0 Å². The summed E-state index contributed by atoms with van der Waals surface area (Å²) < 4.78 is 9.79. The number of ether oxygens (including phenoxy) is 2. The summed E-state index contributed by atoms with van der Waals surface area (Å²) in [6, 6.07) is 7.33. The van der Waals surface area contributed by atoms with Crippen LogP contribution in [0, 0.1) is 0 Å². The van der Waals surface area contributed by atoms with Crippen LogP contribution < -0.4 is 10.2 Å². The largest absolute Gasteiger partial charge is 0.489 e. The summed E-state index contributed by atoms with van der Waals surface area (Å²) in [6.07, 6.45) is 2.52. The SMILES string of the molecule is C=CCOc1ccccc1/C=N\NC(=O)OC. The number of hydrazone groups is 1. The maximum atomic E-state index is 10.8. The maximum absolute atomic E-state index is 10.8. The Balaban J connectivity index is 2.68. The summed E-state index contributed by atoms with van der Waals surface area (Å²) >= 11 is 0.